The van der Waals surface area contributed by atoms with E-state index >= 15 is 0 Å². The molecule has 21 heavy (non-hydrogen) atoms. The molecule has 5 nitrogen and oxygen atoms in total. The second-order valence-corrected chi connectivity index (χ2v) is 4.33. The van der Waals surface area contributed by atoms with Crippen molar-refractivity contribution in [2.75, 3.05) is 14.2 Å². The lowest BCUT2D eigenvalue weighted by atomic mass is 10.1. The molecule has 0 unspecified atom stereocenters. The Labute approximate surface area is 122 Å². The van der Waals surface area contributed by atoms with Gasteiger partial charge in [0.05, 0.1) is 26.5 Å². The van der Waals surface area contributed by atoms with Crippen molar-refractivity contribution in [1.29, 1.82) is 0 Å². The Balaban J connectivity index is 1.97. The largest absolute Gasteiger partial charge is 0.481 e. The molecule has 0 aliphatic rings. The standard InChI is InChI=1S/C16H14N2O3/c1-19-14-10-15(20-2)18-16(17-14)12-7-5-11(6-8-12)13-4-3-9-21-13/h3-10H,1-2H3. The highest BCUT2D eigenvalue weighted by atomic mass is 16.5. The van der Waals surface area contributed by atoms with Crippen LogP contribution in [0.15, 0.2) is 53.1 Å². The van der Waals surface area contributed by atoms with Gasteiger partial charge in [0.25, 0.3) is 0 Å². The molecule has 0 saturated heterocycles. The summed E-state index contributed by atoms with van der Waals surface area (Å²) in [6, 6.07) is 13.2. The summed E-state index contributed by atoms with van der Waals surface area (Å²) >= 11 is 0. The van der Waals surface area contributed by atoms with E-state index in [1.165, 1.54) is 0 Å². The maximum absolute atomic E-state index is 5.37. The van der Waals surface area contributed by atoms with Gasteiger partial charge in [-0.15, -0.1) is 0 Å². The first-order chi connectivity index (χ1) is 10.3. The zero-order chi connectivity index (χ0) is 14.7. The number of nitrogens with zero attached hydrogens (tertiary/aromatic N) is 2. The number of benzene rings is 1. The van der Waals surface area contributed by atoms with E-state index in [9.17, 15) is 0 Å². The summed E-state index contributed by atoms with van der Waals surface area (Å²) in [6.45, 7) is 0. The van der Waals surface area contributed by atoms with E-state index in [4.69, 9.17) is 13.9 Å². The minimum atomic E-state index is 0.465. The Morgan fingerprint density at radius 1 is 0.857 bits per heavy atom. The fourth-order valence-corrected chi connectivity index (χ4v) is 1.97. The molecule has 0 aliphatic carbocycles. The van der Waals surface area contributed by atoms with Crippen molar-refractivity contribution < 1.29 is 13.9 Å². The van der Waals surface area contributed by atoms with Gasteiger partial charge in [0.1, 0.15) is 5.76 Å². The predicted molar refractivity (Wildman–Crippen MR) is 78.3 cm³/mol. The van der Waals surface area contributed by atoms with E-state index in [2.05, 4.69) is 9.97 Å². The van der Waals surface area contributed by atoms with Crippen molar-refractivity contribution in [3.05, 3.63) is 48.7 Å². The summed E-state index contributed by atoms with van der Waals surface area (Å²) in [5.41, 5.74) is 1.88. The number of hydrogen-bond acceptors (Lipinski definition) is 5. The molecule has 0 N–H and O–H groups in total. The van der Waals surface area contributed by atoms with Crippen molar-refractivity contribution in [1.82, 2.24) is 9.97 Å². The van der Waals surface area contributed by atoms with E-state index in [1.807, 2.05) is 36.4 Å². The zero-order valence-corrected chi connectivity index (χ0v) is 11.7. The van der Waals surface area contributed by atoms with Crippen LogP contribution in [-0.4, -0.2) is 24.2 Å². The average Bonchev–Trinajstić information content (AvgIpc) is 3.09. The Morgan fingerprint density at radius 3 is 2.00 bits per heavy atom. The van der Waals surface area contributed by atoms with Crippen LogP contribution >= 0.6 is 0 Å². The van der Waals surface area contributed by atoms with E-state index in [0.717, 1.165) is 16.9 Å². The van der Waals surface area contributed by atoms with Gasteiger partial charge in [-0.05, 0) is 12.1 Å². The lowest BCUT2D eigenvalue weighted by Crippen LogP contribution is -1.97. The van der Waals surface area contributed by atoms with Gasteiger partial charge in [-0.1, -0.05) is 24.3 Å². The van der Waals surface area contributed by atoms with Crippen LogP contribution in [-0.2, 0) is 0 Å². The van der Waals surface area contributed by atoms with E-state index in [0.29, 0.717) is 17.6 Å². The molecule has 0 saturated carbocycles. The van der Waals surface area contributed by atoms with Gasteiger partial charge in [0.15, 0.2) is 5.82 Å². The molecule has 2 aromatic heterocycles. The molecule has 2 heterocycles. The highest BCUT2D eigenvalue weighted by Crippen LogP contribution is 2.26. The Hall–Kier alpha value is -2.82. The quantitative estimate of drug-likeness (QED) is 0.733. The minimum absolute atomic E-state index is 0.465. The summed E-state index contributed by atoms with van der Waals surface area (Å²) in [7, 11) is 3.12. The Morgan fingerprint density at radius 2 is 1.48 bits per heavy atom. The van der Waals surface area contributed by atoms with Crippen LogP contribution in [0.2, 0.25) is 0 Å². The SMILES string of the molecule is COc1cc(OC)nc(-c2ccc(-c3ccco3)cc2)n1. The highest BCUT2D eigenvalue weighted by Gasteiger charge is 2.08. The predicted octanol–water partition coefficient (Wildman–Crippen LogP) is 3.42. The molecule has 1 aromatic carbocycles. The molecule has 0 amide bonds. The molecule has 0 spiro atoms. The fourth-order valence-electron chi connectivity index (χ4n) is 1.97. The van der Waals surface area contributed by atoms with Crippen LogP contribution in [0.1, 0.15) is 0 Å². The third-order valence-electron chi connectivity index (χ3n) is 3.05. The second kappa shape index (κ2) is 5.66. The number of ether oxygens (including phenoxy) is 2. The third-order valence-corrected chi connectivity index (χ3v) is 3.05. The second-order valence-electron chi connectivity index (χ2n) is 4.33. The van der Waals surface area contributed by atoms with Gasteiger partial charge >= 0.3 is 0 Å². The molecule has 0 atom stereocenters. The zero-order valence-electron chi connectivity index (χ0n) is 11.7. The summed E-state index contributed by atoms with van der Waals surface area (Å²) in [5.74, 6) is 2.31. The maximum Gasteiger partial charge on any atom is 0.220 e. The van der Waals surface area contributed by atoms with Crippen molar-refractivity contribution in [2.24, 2.45) is 0 Å². The molecule has 5 heteroatoms. The first-order valence-electron chi connectivity index (χ1n) is 6.41. The van der Waals surface area contributed by atoms with Gasteiger partial charge in [0, 0.05) is 11.1 Å². The van der Waals surface area contributed by atoms with Crippen LogP contribution in [0.3, 0.4) is 0 Å². The molecule has 0 radical (unpaired) electrons. The lowest BCUT2D eigenvalue weighted by Gasteiger charge is -2.06. The number of furan rings is 1. The summed E-state index contributed by atoms with van der Waals surface area (Å²) in [6.07, 6.45) is 1.65. The third kappa shape index (κ3) is 2.72. The molecular formula is C16H14N2O3. The molecular weight excluding hydrogens is 268 g/mol. The number of rotatable bonds is 4. The van der Waals surface area contributed by atoms with E-state index in [1.54, 1.807) is 26.5 Å². The van der Waals surface area contributed by atoms with Gasteiger partial charge in [-0.3, -0.25) is 0 Å². The minimum Gasteiger partial charge on any atom is -0.481 e. The number of aromatic nitrogens is 2. The van der Waals surface area contributed by atoms with Crippen LogP contribution in [0.5, 0.6) is 11.8 Å². The smallest absolute Gasteiger partial charge is 0.220 e. The van der Waals surface area contributed by atoms with Gasteiger partial charge < -0.3 is 13.9 Å². The van der Waals surface area contributed by atoms with Gasteiger partial charge in [-0.25, -0.2) is 0 Å². The Bertz CT molecular complexity index is 700. The van der Waals surface area contributed by atoms with Crippen LogP contribution in [0, 0.1) is 0 Å². The van der Waals surface area contributed by atoms with Crippen molar-refractivity contribution in [3.63, 3.8) is 0 Å². The van der Waals surface area contributed by atoms with Gasteiger partial charge in [0.2, 0.25) is 11.8 Å². The lowest BCUT2D eigenvalue weighted by molar-refractivity contribution is 0.372. The molecule has 106 valence electrons. The van der Waals surface area contributed by atoms with Crippen LogP contribution in [0.25, 0.3) is 22.7 Å². The molecule has 3 aromatic rings. The van der Waals surface area contributed by atoms with Crippen molar-refractivity contribution >= 4 is 0 Å². The topological polar surface area (TPSA) is 57.4 Å². The molecule has 3 rings (SSSR count). The molecule has 0 aliphatic heterocycles. The van der Waals surface area contributed by atoms with Crippen LogP contribution in [0.4, 0.5) is 0 Å². The monoisotopic (exact) mass is 282 g/mol. The Kier molecular flexibility index (Phi) is 3.55. The van der Waals surface area contributed by atoms with Gasteiger partial charge in [-0.2, -0.15) is 9.97 Å². The van der Waals surface area contributed by atoms with E-state index < -0.39 is 0 Å². The first-order valence-corrected chi connectivity index (χ1v) is 6.41. The normalized spacial score (nSPS) is 10.4. The number of methoxy groups -OCH3 is 2. The molecule has 0 bridgehead atoms. The first kappa shape index (κ1) is 13.2. The molecule has 0 fully saturated rings. The highest BCUT2D eigenvalue weighted by molar-refractivity contribution is 5.64. The maximum atomic E-state index is 5.37. The average molecular weight is 282 g/mol. The number of hydrogen-bond donors (Lipinski definition) is 0. The van der Waals surface area contributed by atoms with Crippen molar-refractivity contribution in [3.8, 4) is 34.5 Å². The fraction of sp³-hybridized carbons (Fsp3) is 0.125. The van der Waals surface area contributed by atoms with E-state index in [-0.39, 0.29) is 0 Å². The van der Waals surface area contributed by atoms with Crippen molar-refractivity contribution in [2.45, 2.75) is 0 Å². The summed E-state index contributed by atoms with van der Waals surface area (Å²) in [4.78, 5) is 8.65. The summed E-state index contributed by atoms with van der Waals surface area (Å²) in [5, 5.41) is 0. The van der Waals surface area contributed by atoms with Crippen LogP contribution < -0.4 is 9.47 Å². The summed E-state index contributed by atoms with van der Waals surface area (Å²) < 4.78 is 15.7.